The number of nitrogens with two attached hydrogens (primary N) is 1. The number of hydrogen-bond acceptors (Lipinski definition) is 4. The largest absolute Gasteiger partial charge is 0.330 e. The van der Waals surface area contributed by atoms with Crippen molar-refractivity contribution in [2.45, 2.75) is 25.3 Å². The Morgan fingerprint density at radius 2 is 2.33 bits per heavy atom. The fourth-order valence-corrected chi connectivity index (χ4v) is 0.816. The monoisotopic (exact) mass is 171 g/mol. The average Bonchev–Trinajstić information content (AvgIpc) is 2.11. The van der Waals surface area contributed by atoms with Gasteiger partial charge in [-0.2, -0.15) is 0 Å². The second kappa shape index (κ2) is 8.36. The van der Waals surface area contributed by atoms with Gasteiger partial charge in [-0.3, -0.25) is 4.79 Å². The van der Waals surface area contributed by atoms with Crippen LogP contribution in [0.4, 0.5) is 0 Å². The van der Waals surface area contributed by atoms with Gasteiger partial charge < -0.3 is 15.8 Å². The van der Waals surface area contributed by atoms with Gasteiger partial charge in [0.2, 0.25) is 6.29 Å². The number of carbonyl (C=O) groups is 1. The van der Waals surface area contributed by atoms with Crippen LogP contribution in [0.5, 0.6) is 0 Å². The van der Waals surface area contributed by atoms with E-state index in [1.165, 1.54) is 0 Å². The number of hydrogen-bond donors (Lipinski definition) is 2. The maximum absolute atomic E-state index is 10.3. The van der Waals surface area contributed by atoms with Gasteiger partial charge in [-0.05, 0) is 25.9 Å². The van der Waals surface area contributed by atoms with Crippen LogP contribution in [0, 0.1) is 0 Å². The van der Waals surface area contributed by atoms with E-state index in [9.17, 15) is 9.59 Å². The molecule has 1 unspecified atom stereocenters. The maximum atomic E-state index is 10.3. The zero-order valence-corrected chi connectivity index (χ0v) is 7.08. The van der Waals surface area contributed by atoms with E-state index in [1.54, 1.807) is 0 Å². The molecule has 0 spiro atoms. The fourth-order valence-electron chi connectivity index (χ4n) is 0.816. The Kier molecular flexibility index (Phi) is 7.84. The summed E-state index contributed by atoms with van der Waals surface area (Å²) in [5, 5.41) is 2.94. The van der Waals surface area contributed by atoms with E-state index in [-0.39, 0.29) is 6.04 Å². The molecule has 0 amide bonds. The second-order valence-electron chi connectivity index (χ2n) is 2.51. The molecule has 0 saturated heterocycles. The van der Waals surface area contributed by atoms with Crippen molar-refractivity contribution in [1.82, 2.24) is 5.32 Å². The summed E-state index contributed by atoms with van der Waals surface area (Å²) in [6, 6.07) is -0.318. The van der Waals surface area contributed by atoms with Gasteiger partial charge in [0.05, 0.1) is 6.04 Å². The Labute approximate surface area is 72.5 Å². The normalized spacial score (nSPS) is 12.4. The molecule has 0 rings (SSSR count). The zero-order valence-electron chi connectivity index (χ0n) is 7.08. The third-order valence-electron chi connectivity index (χ3n) is 1.49. The van der Waals surface area contributed by atoms with Gasteiger partial charge in [0.1, 0.15) is 6.29 Å². The molecule has 0 bridgehead atoms. The Morgan fingerprint density at radius 3 is 2.83 bits per heavy atom. The molecule has 0 aliphatic rings. The minimum absolute atomic E-state index is 0.318. The van der Waals surface area contributed by atoms with Crippen molar-refractivity contribution in [2.24, 2.45) is 5.73 Å². The van der Waals surface area contributed by atoms with E-state index < -0.39 is 0 Å². The highest BCUT2D eigenvalue weighted by Gasteiger charge is 2.05. The highest BCUT2D eigenvalue weighted by Crippen LogP contribution is 1.91. The van der Waals surface area contributed by atoms with E-state index >= 15 is 0 Å². The Morgan fingerprint density at radius 1 is 1.58 bits per heavy atom. The van der Waals surface area contributed by atoms with Crippen molar-refractivity contribution >= 4 is 12.6 Å². The predicted octanol–water partition coefficient (Wildman–Crippen LogP) is -0.618. The van der Waals surface area contributed by atoms with Crippen molar-refractivity contribution in [1.29, 1.82) is 0 Å². The van der Waals surface area contributed by atoms with Crippen LogP contribution in [-0.4, -0.2) is 31.7 Å². The minimum atomic E-state index is -0.318. The summed E-state index contributed by atoms with van der Waals surface area (Å²) < 4.78 is 0. The first-order chi connectivity index (χ1) is 5.85. The summed E-state index contributed by atoms with van der Waals surface area (Å²) in [7, 11) is 0. The smallest absolute Gasteiger partial charge is 0.216 e. The summed E-state index contributed by atoms with van der Waals surface area (Å²) in [6.45, 7) is 1.31. The number of rotatable bonds is 8. The average molecular weight is 171 g/mol. The Balaban J connectivity index is 3.38. The van der Waals surface area contributed by atoms with Crippen LogP contribution >= 0.6 is 0 Å². The van der Waals surface area contributed by atoms with Gasteiger partial charge in [0, 0.05) is 6.42 Å². The second-order valence-corrected chi connectivity index (χ2v) is 2.51. The van der Waals surface area contributed by atoms with Crippen LogP contribution in [0.15, 0.2) is 0 Å². The molecule has 12 heavy (non-hydrogen) atoms. The number of nitrogens with one attached hydrogen (secondary N) is 1. The Hall–Kier alpha value is -0.740. The molecule has 69 valence electrons. The molecule has 1 radical (unpaired) electrons. The molecule has 1 atom stereocenters. The van der Waals surface area contributed by atoms with Gasteiger partial charge in [0.15, 0.2) is 0 Å². The third kappa shape index (κ3) is 6.00. The molecule has 0 fully saturated rings. The first-order valence-electron chi connectivity index (χ1n) is 4.10. The van der Waals surface area contributed by atoms with Crippen molar-refractivity contribution in [3.63, 3.8) is 0 Å². The van der Waals surface area contributed by atoms with Gasteiger partial charge in [-0.25, -0.2) is 0 Å². The number of carbonyl (C=O) groups excluding carboxylic acids is 2. The SMILES string of the molecule is NCCCNC([C]=O)CCC=O. The molecule has 0 aromatic rings. The van der Waals surface area contributed by atoms with Crippen LogP contribution in [-0.2, 0) is 9.59 Å². The molecule has 4 heteroatoms. The lowest BCUT2D eigenvalue weighted by atomic mass is 10.2. The van der Waals surface area contributed by atoms with Crippen LogP contribution in [0.1, 0.15) is 19.3 Å². The van der Waals surface area contributed by atoms with Crippen LogP contribution in [0.3, 0.4) is 0 Å². The van der Waals surface area contributed by atoms with Crippen molar-refractivity contribution < 1.29 is 9.59 Å². The zero-order chi connectivity index (χ0) is 9.23. The molecule has 0 aliphatic heterocycles. The summed E-state index contributed by atoms with van der Waals surface area (Å²) in [5.41, 5.74) is 5.26. The lowest BCUT2D eigenvalue weighted by molar-refractivity contribution is -0.107. The lowest BCUT2D eigenvalue weighted by Crippen LogP contribution is -2.32. The van der Waals surface area contributed by atoms with E-state index in [0.717, 1.165) is 12.7 Å². The molecule has 0 aromatic carbocycles. The summed E-state index contributed by atoms with van der Waals surface area (Å²) in [5.74, 6) is 0. The quantitative estimate of drug-likeness (QED) is 0.377. The van der Waals surface area contributed by atoms with Crippen molar-refractivity contribution in [3.8, 4) is 0 Å². The first-order valence-corrected chi connectivity index (χ1v) is 4.10. The highest BCUT2D eigenvalue weighted by molar-refractivity contribution is 5.60. The third-order valence-corrected chi connectivity index (χ3v) is 1.49. The van der Waals surface area contributed by atoms with Crippen molar-refractivity contribution in [3.05, 3.63) is 0 Å². The highest BCUT2D eigenvalue weighted by atomic mass is 16.1. The lowest BCUT2D eigenvalue weighted by Gasteiger charge is -2.08. The summed E-state index contributed by atoms with van der Waals surface area (Å²) >= 11 is 0. The molecule has 0 heterocycles. The van der Waals surface area contributed by atoms with E-state index in [4.69, 9.17) is 5.73 Å². The summed E-state index contributed by atoms with van der Waals surface area (Å²) in [6.07, 6.45) is 4.39. The van der Waals surface area contributed by atoms with Gasteiger partial charge in [0.25, 0.3) is 0 Å². The van der Waals surface area contributed by atoms with Gasteiger partial charge >= 0.3 is 0 Å². The maximum Gasteiger partial charge on any atom is 0.216 e. The molecule has 4 nitrogen and oxygen atoms in total. The van der Waals surface area contributed by atoms with Gasteiger partial charge in [-0.1, -0.05) is 0 Å². The van der Waals surface area contributed by atoms with Crippen molar-refractivity contribution in [2.75, 3.05) is 13.1 Å². The minimum Gasteiger partial charge on any atom is -0.330 e. The molecule has 0 aromatic heterocycles. The Bertz CT molecular complexity index is 128. The van der Waals surface area contributed by atoms with Gasteiger partial charge in [-0.15, -0.1) is 0 Å². The molecule has 3 N–H and O–H groups in total. The topological polar surface area (TPSA) is 72.2 Å². The first kappa shape index (κ1) is 11.3. The van der Waals surface area contributed by atoms with E-state index in [2.05, 4.69) is 5.32 Å². The molecular weight excluding hydrogens is 156 g/mol. The molecular formula is C8H15N2O2. The summed E-state index contributed by atoms with van der Waals surface area (Å²) in [4.78, 5) is 20.2. The molecule has 0 aliphatic carbocycles. The van der Waals surface area contributed by atoms with Crippen LogP contribution in [0.25, 0.3) is 0 Å². The standard InChI is InChI=1S/C8H15N2O2/c9-4-2-5-10-8(7-12)3-1-6-11/h6,8,10H,1-5,9H2. The van der Waals surface area contributed by atoms with Crippen LogP contribution in [0.2, 0.25) is 0 Å². The fraction of sp³-hybridized carbons (Fsp3) is 0.750. The van der Waals surface area contributed by atoms with Crippen LogP contribution < -0.4 is 11.1 Å². The molecule has 0 saturated carbocycles. The predicted molar refractivity (Wildman–Crippen MR) is 46.5 cm³/mol. The number of aldehydes is 1. The van der Waals surface area contributed by atoms with E-state index in [1.807, 2.05) is 6.29 Å². The van der Waals surface area contributed by atoms with E-state index in [0.29, 0.717) is 25.9 Å².